The molecule has 1 aromatic carbocycles. The number of aliphatic hydroxyl groups excluding tert-OH is 1. The van der Waals surface area contributed by atoms with E-state index in [1.807, 2.05) is 32.0 Å². The van der Waals surface area contributed by atoms with Crippen LogP contribution in [-0.4, -0.2) is 10.4 Å². The molecule has 0 aliphatic rings. The minimum absolute atomic E-state index is 0.140. The molecule has 1 nitrogen and oxygen atoms in total. The van der Waals surface area contributed by atoms with Crippen LogP contribution >= 0.6 is 12.6 Å². The Hall–Kier alpha value is -0.470. The third-order valence-electron chi connectivity index (χ3n) is 1.75. The van der Waals surface area contributed by atoms with E-state index in [2.05, 4.69) is 40.3 Å². The van der Waals surface area contributed by atoms with Crippen LogP contribution in [0.1, 0.15) is 50.8 Å². The number of rotatable bonds is 1. The number of hydrogen-bond acceptors (Lipinski definition) is 2. The molecule has 0 aromatic heterocycles. The van der Waals surface area contributed by atoms with Crippen molar-refractivity contribution in [2.75, 3.05) is 0 Å². The molecule has 0 bridgehead atoms. The van der Waals surface area contributed by atoms with E-state index in [4.69, 9.17) is 5.11 Å². The molecule has 1 rings (SSSR count). The van der Waals surface area contributed by atoms with Gasteiger partial charge in [-0.15, -0.1) is 0 Å². The summed E-state index contributed by atoms with van der Waals surface area (Å²) < 4.78 is 0. The first-order chi connectivity index (χ1) is 7.88. The zero-order chi connectivity index (χ0) is 13.8. The molecular weight excluding hydrogens is 228 g/mol. The molecule has 0 saturated carbocycles. The normalized spacial score (nSPS) is 9.00. The van der Waals surface area contributed by atoms with Crippen molar-refractivity contribution in [2.24, 2.45) is 0 Å². The van der Waals surface area contributed by atoms with Crippen molar-refractivity contribution in [1.82, 2.24) is 0 Å². The summed E-state index contributed by atoms with van der Waals surface area (Å²) in [6.45, 7) is 12.6. The van der Waals surface area contributed by atoms with E-state index in [9.17, 15) is 0 Å². The Morgan fingerprint density at radius 1 is 1.12 bits per heavy atom. The second kappa shape index (κ2) is 12.0. The number of aliphatic hydroxyl groups is 1. The Balaban J connectivity index is 0. The Morgan fingerprint density at radius 3 is 1.82 bits per heavy atom. The van der Waals surface area contributed by atoms with Gasteiger partial charge >= 0.3 is 0 Å². The molecule has 2 heteroatoms. The summed E-state index contributed by atoms with van der Waals surface area (Å²) in [5.41, 5.74) is 3.51. The number of aryl methyl sites for hydroxylation is 2. The first kappa shape index (κ1) is 18.9. The van der Waals surface area contributed by atoms with E-state index in [1.165, 1.54) is 17.5 Å². The zero-order valence-electron chi connectivity index (χ0n) is 12.1. The summed E-state index contributed by atoms with van der Waals surface area (Å²) in [7, 11) is 0. The summed E-state index contributed by atoms with van der Waals surface area (Å²) in [5.74, 6) is 0. The minimum Gasteiger partial charge on any atom is -0.392 e. The van der Waals surface area contributed by atoms with Gasteiger partial charge in [0.1, 0.15) is 0 Å². The maximum absolute atomic E-state index is 8.75. The second-order valence-corrected chi connectivity index (χ2v) is 5.41. The monoisotopic (exact) mass is 256 g/mol. The van der Waals surface area contributed by atoms with E-state index in [0.29, 0.717) is 5.25 Å². The predicted octanol–water partition coefficient (Wildman–Crippen LogP) is 4.54. The van der Waals surface area contributed by atoms with Gasteiger partial charge in [-0.1, -0.05) is 52.3 Å². The highest BCUT2D eigenvalue weighted by Gasteiger charge is 1.92. The smallest absolute Gasteiger partial charge is 0.0681 e. The maximum atomic E-state index is 8.75. The van der Waals surface area contributed by atoms with E-state index < -0.39 is 0 Å². The molecule has 0 saturated heterocycles. The van der Waals surface area contributed by atoms with Gasteiger partial charge in [-0.2, -0.15) is 12.6 Å². The van der Waals surface area contributed by atoms with Gasteiger partial charge in [0.15, 0.2) is 0 Å². The number of benzene rings is 1. The first-order valence-electron chi connectivity index (χ1n) is 6.23. The van der Waals surface area contributed by atoms with E-state index in [0.717, 1.165) is 5.56 Å². The van der Waals surface area contributed by atoms with Crippen molar-refractivity contribution < 1.29 is 5.11 Å². The van der Waals surface area contributed by atoms with E-state index in [-0.39, 0.29) is 6.61 Å². The molecule has 0 aliphatic heterocycles. The molecule has 0 aliphatic carbocycles. The van der Waals surface area contributed by atoms with E-state index in [1.54, 1.807) is 0 Å². The second-order valence-electron chi connectivity index (χ2n) is 4.38. The van der Waals surface area contributed by atoms with Crippen LogP contribution in [-0.2, 0) is 6.61 Å². The Kier molecular flexibility index (Phi) is 13.3. The van der Waals surface area contributed by atoms with Crippen LogP contribution in [0.3, 0.4) is 0 Å². The van der Waals surface area contributed by atoms with Gasteiger partial charge in [0.05, 0.1) is 6.61 Å². The molecule has 17 heavy (non-hydrogen) atoms. The van der Waals surface area contributed by atoms with Crippen molar-refractivity contribution in [3.8, 4) is 0 Å². The lowest BCUT2D eigenvalue weighted by Crippen LogP contribution is -1.86. The fourth-order valence-corrected chi connectivity index (χ4v) is 0.902. The van der Waals surface area contributed by atoms with Gasteiger partial charge in [-0.05, 0) is 35.8 Å². The van der Waals surface area contributed by atoms with Gasteiger partial charge in [0, 0.05) is 0 Å². The van der Waals surface area contributed by atoms with Gasteiger partial charge in [-0.25, -0.2) is 0 Å². The lowest BCUT2D eigenvalue weighted by molar-refractivity contribution is 0.282. The Labute approximate surface area is 113 Å². The van der Waals surface area contributed by atoms with Crippen LogP contribution in [0.2, 0.25) is 0 Å². The van der Waals surface area contributed by atoms with Crippen LogP contribution in [0.5, 0.6) is 0 Å². The average Bonchev–Trinajstić information content (AvgIpc) is 2.22. The van der Waals surface area contributed by atoms with Crippen molar-refractivity contribution in [1.29, 1.82) is 0 Å². The molecule has 0 spiro atoms. The summed E-state index contributed by atoms with van der Waals surface area (Å²) in [6.07, 6.45) is 1.25. The zero-order valence-corrected chi connectivity index (χ0v) is 13.0. The number of thiol groups is 1. The lowest BCUT2D eigenvalue weighted by Gasteiger charge is -2.00. The molecule has 0 amide bonds. The highest BCUT2D eigenvalue weighted by Crippen LogP contribution is 2.08. The summed E-state index contributed by atoms with van der Waals surface area (Å²) in [4.78, 5) is 0. The maximum Gasteiger partial charge on any atom is 0.0681 e. The minimum atomic E-state index is 0.140. The quantitative estimate of drug-likeness (QED) is 0.707. The third-order valence-corrected chi connectivity index (χ3v) is 1.75. The van der Waals surface area contributed by atoms with Crippen LogP contribution in [0.15, 0.2) is 18.2 Å². The van der Waals surface area contributed by atoms with Gasteiger partial charge in [0.2, 0.25) is 0 Å². The molecule has 0 fully saturated rings. The van der Waals surface area contributed by atoms with Gasteiger partial charge in [0.25, 0.3) is 0 Å². The lowest BCUT2D eigenvalue weighted by atomic mass is 10.1. The SMILES string of the molecule is CC(C)S.CCC.Cc1ccc(CO)cc1C. The first-order valence-corrected chi connectivity index (χ1v) is 6.75. The Morgan fingerprint density at radius 2 is 1.53 bits per heavy atom. The predicted molar refractivity (Wildman–Crippen MR) is 81.9 cm³/mol. The fraction of sp³-hybridized carbons (Fsp3) is 0.600. The van der Waals surface area contributed by atoms with Crippen LogP contribution in [0, 0.1) is 13.8 Å². The number of hydrogen-bond donors (Lipinski definition) is 2. The van der Waals surface area contributed by atoms with Crippen LogP contribution in [0.4, 0.5) is 0 Å². The average molecular weight is 256 g/mol. The van der Waals surface area contributed by atoms with Crippen LogP contribution in [0.25, 0.3) is 0 Å². The summed E-state index contributed by atoms with van der Waals surface area (Å²) >= 11 is 3.97. The van der Waals surface area contributed by atoms with Crippen molar-refractivity contribution >= 4 is 12.6 Å². The molecule has 0 atom stereocenters. The largest absolute Gasteiger partial charge is 0.392 e. The molecule has 0 unspecified atom stereocenters. The molecular formula is C15H28OS. The molecule has 1 aromatic rings. The van der Waals surface area contributed by atoms with E-state index >= 15 is 0 Å². The highest BCUT2D eigenvalue weighted by molar-refractivity contribution is 7.80. The molecule has 100 valence electrons. The topological polar surface area (TPSA) is 20.2 Å². The highest BCUT2D eigenvalue weighted by atomic mass is 32.1. The van der Waals surface area contributed by atoms with Crippen molar-refractivity contribution in [3.63, 3.8) is 0 Å². The standard InChI is InChI=1S/C9H12O.C3H8S.C3H8/c1-7-3-4-9(6-10)5-8(7)2;1-3(2)4;1-3-2/h3-5,10H,6H2,1-2H3;3-4H,1-2H3;3H2,1-2H3. The molecule has 0 heterocycles. The van der Waals surface area contributed by atoms with Crippen molar-refractivity contribution in [2.45, 2.75) is 59.8 Å². The van der Waals surface area contributed by atoms with Gasteiger partial charge < -0.3 is 5.11 Å². The molecule has 1 N–H and O–H groups in total. The third kappa shape index (κ3) is 13.5. The summed E-state index contributed by atoms with van der Waals surface area (Å²) in [5, 5.41) is 9.28. The Bertz CT molecular complexity index is 279. The van der Waals surface area contributed by atoms with Gasteiger partial charge in [-0.3, -0.25) is 0 Å². The van der Waals surface area contributed by atoms with Crippen LogP contribution < -0.4 is 0 Å². The van der Waals surface area contributed by atoms with Crippen molar-refractivity contribution in [3.05, 3.63) is 34.9 Å². The molecule has 0 radical (unpaired) electrons. The fourth-order valence-electron chi connectivity index (χ4n) is 0.902. The summed E-state index contributed by atoms with van der Waals surface area (Å²) in [6, 6.07) is 5.98.